The third kappa shape index (κ3) is 7.74. The van der Waals surface area contributed by atoms with Crippen LogP contribution in [0.2, 0.25) is 0 Å². The Labute approximate surface area is 93.4 Å². The van der Waals surface area contributed by atoms with Crippen molar-refractivity contribution in [3.8, 4) is 0 Å². The van der Waals surface area contributed by atoms with Gasteiger partial charge in [-0.1, -0.05) is 0 Å². The summed E-state index contributed by atoms with van der Waals surface area (Å²) in [6.07, 6.45) is 0.350. The van der Waals surface area contributed by atoms with E-state index in [0.29, 0.717) is 6.42 Å². The SMILES string of the molecule is CC(CCC(=O)O)NC(=O)CNC(=O)CN. The number of carbonyl (C=O) groups excluding carboxylic acids is 2. The summed E-state index contributed by atoms with van der Waals surface area (Å²) in [4.78, 5) is 32.2. The van der Waals surface area contributed by atoms with E-state index in [1.807, 2.05) is 0 Å². The fourth-order valence-electron chi connectivity index (χ4n) is 0.989. The standard InChI is InChI=1S/C9H17N3O4/c1-6(2-3-9(15)16)12-8(14)5-11-7(13)4-10/h6H,2-5,10H2,1H3,(H,11,13)(H,12,14)(H,15,16). The number of rotatable bonds is 7. The first-order valence-electron chi connectivity index (χ1n) is 4.93. The van der Waals surface area contributed by atoms with Gasteiger partial charge in [0.2, 0.25) is 11.8 Å². The van der Waals surface area contributed by atoms with E-state index in [2.05, 4.69) is 10.6 Å². The molecule has 0 fully saturated rings. The number of carboxylic acids is 1. The molecule has 2 amide bonds. The Bertz CT molecular complexity index is 267. The lowest BCUT2D eigenvalue weighted by Crippen LogP contribution is -2.42. The van der Waals surface area contributed by atoms with Gasteiger partial charge in [0.25, 0.3) is 0 Å². The van der Waals surface area contributed by atoms with Gasteiger partial charge in [0.05, 0.1) is 13.1 Å². The number of amides is 2. The van der Waals surface area contributed by atoms with Crippen LogP contribution in [0.1, 0.15) is 19.8 Å². The number of carboxylic acid groups (broad SMARTS) is 1. The molecule has 7 heteroatoms. The molecule has 0 aliphatic rings. The predicted octanol–water partition coefficient (Wildman–Crippen LogP) is -1.57. The molecule has 1 unspecified atom stereocenters. The molecule has 92 valence electrons. The number of nitrogens with two attached hydrogens (primary N) is 1. The first-order valence-corrected chi connectivity index (χ1v) is 4.93. The molecule has 0 aromatic rings. The topological polar surface area (TPSA) is 122 Å². The molecule has 0 spiro atoms. The summed E-state index contributed by atoms with van der Waals surface area (Å²) in [6, 6.07) is -0.238. The maximum Gasteiger partial charge on any atom is 0.303 e. The highest BCUT2D eigenvalue weighted by Gasteiger charge is 2.09. The number of hydrogen-bond donors (Lipinski definition) is 4. The van der Waals surface area contributed by atoms with E-state index in [1.54, 1.807) is 6.92 Å². The normalized spacial score (nSPS) is 11.6. The Morgan fingerprint density at radius 3 is 2.44 bits per heavy atom. The quantitative estimate of drug-likeness (QED) is 0.422. The van der Waals surface area contributed by atoms with E-state index in [-0.39, 0.29) is 31.5 Å². The molecular weight excluding hydrogens is 214 g/mol. The van der Waals surface area contributed by atoms with Gasteiger partial charge >= 0.3 is 5.97 Å². The van der Waals surface area contributed by atoms with Gasteiger partial charge in [0.15, 0.2) is 0 Å². The van der Waals surface area contributed by atoms with Crippen molar-refractivity contribution in [1.82, 2.24) is 10.6 Å². The van der Waals surface area contributed by atoms with Crippen molar-refractivity contribution in [2.45, 2.75) is 25.8 Å². The molecule has 0 aliphatic heterocycles. The zero-order valence-corrected chi connectivity index (χ0v) is 9.16. The molecule has 0 rings (SSSR count). The number of aliphatic carboxylic acids is 1. The van der Waals surface area contributed by atoms with Gasteiger partial charge in [-0.25, -0.2) is 0 Å². The average Bonchev–Trinajstić information content (AvgIpc) is 2.23. The summed E-state index contributed by atoms with van der Waals surface area (Å²) in [7, 11) is 0. The first-order chi connectivity index (χ1) is 7.45. The van der Waals surface area contributed by atoms with Crippen LogP contribution in [0, 0.1) is 0 Å². The minimum absolute atomic E-state index is 0.00337. The van der Waals surface area contributed by atoms with E-state index in [1.165, 1.54) is 0 Å². The zero-order valence-electron chi connectivity index (χ0n) is 9.16. The third-order valence-corrected chi connectivity index (χ3v) is 1.83. The van der Waals surface area contributed by atoms with Gasteiger partial charge in [-0.2, -0.15) is 0 Å². The molecule has 0 saturated heterocycles. The Balaban J connectivity index is 3.69. The molecule has 0 aliphatic carbocycles. The predicted molar refractivity (Wildman–Crippen MR) is 56.5 cm³/mol. The molecular formula is C9H17N3O4. The third-order valence-electron chi connectivity index (χ3n) is 1.83. The number of hydrogen-bond acceptors (Lipinski definition) is 4. The van der Waals surface area contributed by atoms with E-state index in [9.17, 15) is 14.4 Å². The highest BCUT2D eigenvalue weighted by atomic mass is 16.4. The van der Waals surface area contributed by atoms with E-state index < -0.39 is 11.9 Å². The monoisotopic (exact) mass is 231 g/mol. The van der Waals surface area contributed by atoms with Crippen molar-refractivity contribution in [2.24, 2.45) is 5.73 Å². The maximum atomic E-state index is 11.2. The van der Waals surface area contributed by atoms with Crippen LogP contribution in [0.3, 0.4) is 0 Å². The summed E-state index contributed by atoms with van der Waals surface area (Å²) in [5, 5.41) is 13.3. The van der Waals surface area contributed by atoms with Crippen LogP contribution in [0.15, 0.2) is 0 Å². The molecule has 0 aromatic carbocycles. The van der Waals surface area contributed by atoms with Crippen LogP contribution >= 0.6 is 0 Å². The molecule has 0 saturated carbocycles. The smallest absolute Gasteiger partial charge is 0.303 e. The summed E-state index contributed by atoms with van der Waals surface area (Å²) in [6.45, 7) is 1.39. The number of carbonyl (C=O) groups is 3. The van der Waals surface area contributed by atoms with Crippen LogP contribution in [-0.4, -0.2) is 42.0 Å². The lowest BCUT2D eigenvalue weighted by atomic mass is 10.2. The molecule has 1 atom stereocenters. The van der Waals surface area contributed by atoms with Crippen molar-refractivity contribution in [3.63, 3.8) is 0 Å². The second kappa shape index (κ2) is 7.63. The average molecular weight is 231 g/mol. The molecule has 0 bridgehead atoms. The van der Waals surface area contributed by atoms with Crippen LogP contribution < -0.4 is 16.4 Å². The fourth-order valence-corrected chi connectivity index (χ4v) is 0.989. The Morgan fingerprint density at radius 1 is 1.31 bits per heavy atom. The minimum Gasteiger partial charge on any atom is -0.481 e. The van der Waals surface area contributed by atoms with Crippen LogP contribution in [0.4, 0.5) is 0 Å². The largest absolute Gasteiger partial charge is 0.481 e. The summed E-state index contributed by atoms with van der Waals surface area (Å²) in [5.41, 5.74) is 5.03. The van der Waals surface area contributed by atoms with E-state index in [0.717, 1.165) is 0 Å². The van der Waals surface area contributed by atoms with Crippen LogP contribution in [0.5, 0.6) is 0 Å². The van der Waals surface area contributed by atoms with Gasteiger partial charge in [-0.05, 0) is 13.3 Å². The second-order valence-electron chi connectivity index (χ2n) is 3.38. The van der Waals surface area contributed by atoms with E-state index >= 15 is 0 Å². The molecule has 0 aromatic heterocycles. The Kier molecular flexibility index (Phi) is 6.86. The van der Waals surface area contributed by atoms with Gasteiger partial charge in [-0.3, -0.25) is 14.4 Å². The fraction of sp³-hybridized carbons (Fsp3) is 0.667. The molecule has 0 heterocycles. The first kappa shape index (κ1) is 14.4. The van der Waals surface area contributed by atoms with Gasteiger partial charge < -0.3 is 21.5 Å². The Morgan fingerprint density at radius 2 is 1.94 bits per heavy atom. The molecule has 16 heavy (non-hydrogen) atoms. The molecule has 7 nitrogen and oxygen atoms in total. The van der Waals surface area contributed by atoms with E-state index in [4.69, 9.17) is 10.8 Å². The van der Waals surface area contributed by atoms with Crippen LogP contribution in [-0.2, 0) is 14.4 Å². The molecule has 5 N–H and O–H groups in total. The van der Waals surface area contributed by atoms with Crippen molar-refractivity contribution >= 4 is 17.8 Å². The highest BCUT2D eigenvalue weighted by molar-refractivity contribution is 5.85. The lowest BCUT2D eigenvalue weighted by molar-refractivity contribution is -0.137. The van der Waals surface area contributed by atoms with Crippen LogP contribution in [0.25, 0.3) is 0 Å². The van der Waals surface area contributed by atoms with Gasteiger partial charge in [0.1, 0.15) is 0 Å². The zero-order chi connectivity index (χ0) is 12.6. The second-order valence-corrected chi connectivity index (χ2v) is 3.38. The minimum atomic E-state index is -0.905. The summed E-state index contributed by atoms with van der Waals surface area (Å²) < 4.78 is 0. The van der Waals surface area contributed by atoms with Crippen molar-refractivity contribution in [1.29, 1.82) is 0 Å². The van der Waals surface area contributed by atoms with Gasteiger partial charge in [0, 0.05) is 12.5 Å². The summed E-state index contributed by atoms with van der Waals surface area (Å²) in [5.74, 6) is -1.68. The highest BCUT2D eigenvalue weighted by Crippen LogP contribution is 1.95. The maximum absolute atomic E-state index is 11.2. The van der Waals surface area contributed by atoms with Crippen molar-refractivity contribution in [2.75, 3.05) is 13.1 Å². The van der Waals surface area contributed by atoms with Gasteiger partial charge in [-0.15, -0.1) is 0 Å². The number of nitrogens with one attached hydrogen (secondary N) is 2. The summed E-state index contributed by atoms with van der Waals surface area (Å²) >= 11 is 0. The Hall–Kier alpha value is -1.63. The molecule has 0 radical (unpaired) electrons. The van der Waals surface area contributed by atoms with Crippen molar-refractivity contribution in [3.05, 3.63) is 0 Å². The van der Waals surface area contributed by atoms with Crippen molar-refractivity contribution < 1.29 is 19.5 Å². The lowest BCUT2D eigenvalue weighted by Gasteiger charge is -2.12.